The molecule has 0 fully saturated rings. The first kappa shape index (κ1) is 17.7. The van der Waals surface area contributed by atoms with Gasteiger partial charge in [-0.25, -0.2) is 15.0 Å². The standard InChI is InChI=1S/C22H22N4S/c1-2-3-10-15-26-19-20(25-21(26)17-11-6-4-7-12-17)23-16-24-22(19)27-18-13-8-5-9-14-18/h4-9,11-14,16H,2-3,10,15H2,1H3. The molecule has 0 saturated carbocycles. The van der Waals surface area contributed by atoms with Crippen molar-refractivity contribution in [3.63, 3.8) is 0 Å². The molecule has 0 aliphatic carbocycles. The maximum Gasteiger partial charge on any atom is 0.182 e. The zero-order valence-electron chi connectivity index (χ0n) is 15.4. The molecular weight excluding hydrogens is 352 g/mol. The van der Waals surface area contributed by atoms with Crippen molar-refractivity contribution in [2.75, 3.05) is 0 Å². The van der Waals surface area contributed by atoms with Crippen LogP contribution in [0.4, 0.5) is 0 Å². The minimum absolute atomic E-state index is 0.763. The third kappa shape index (κ3) is 3.88. The maximum absolute atomic E-state index is 4.86. The zero-order valence-corrected chi connectivity index (χ0v) is 16.2. The molecule has 0 amide bonds. The van der Waals surface area contributed by atoms with Crippen LogP contribution in [-0.4, -0.2) is 19.5 Å². The molecule has 5 heteroatoms. The van der Waals surface area contributed by atoms with E-state index in [4.69, 9.17) is 4.98 Å². The van der Waals surface area contributed by atoms with Gasteiger partial charge in [0.15, 0.2) is 5.65 Å². The predicted molar refractivity (Wildman–Crippen MR) is 111 cm³/mol. The van der Waals surface area contributed by atoms with Gasteiger partial charge in [0.1, 0.15) is 22.7 Å². The number of benzene rings is 2. The fourth-order valence-electron chi connectivity index (χ4n) is 3.16. The Balaban J connectivity index is 1.83. The van der Waals surface area contributed by atoms with Gasteiger partial charge in [0, 0.05) is 17.0 Å². The quantitative estimate of drug-likeness (QED) is 0.301. The number of imidazole rings is 1. The molecular formula is C22H22N4S. The van der Waals surface area contributed by atoms with Crippen molar-refractivity contribution in [1.29, 1.82) is 0 Å². The van der Waals surface area contributed by atoms with E-state index in [0.29, 0.717) is 0 Å². The molecule has 0 N–H and O–H groups in total. The molecule has 2 aromatic carbocycles. The third-order valence-corrected chi connectivity index (χ3v) is 5.48. The second-order valence-electron chi connectivity index (χ2n) is 6.43. The van der Waals surface area contributed by atoms with Crippen LogP contribution in [0.25, 0.3) is 22.6 Å². The number of fused-ring (bicyclic) bond motifs is 1. The molecule has 0 aliphatic heterocycles. The molecule has 0 aliphatic rings. The van der Waals surface area contributed by atoms with E-state index in [1.807, 2.05) is 12.1 Å². The van der Waals surface area contributed by atoms with E-state index >= 15 is 0 Å². The van der Waals surface area contributed by atoms with E-state index in [0.717, 1.165) is 40.5 Å². The van der Waals surface area contributed by atoms with Crippen LogP contribution in [0.15, 0.2) is 76.9 Å². The monoisotopic (exact) mass is 374 g/mol. The van der Waals surface area contributed by atoms with Gasteiger partial charge in [-0.3, -0.25) is 0 Å². The number of hydrogen-bond acceptors (Lipinski definition) is 4. The van der Waals surface area contributed by atoms with Crippen LogP contribution in [0.5, 0.6) is 0 Å². The van der Waals surface area contributed by atoms with Gasteiger partial charge in [-0.1, -0.05) is 80.1 Å². The fraction of sp³-hybridized carbons (Fsp3) is 0.227. The van der Waals surface area contributed by atoms with Gasteiger partial charge in [-0.05, 0) is 18.6 Å². The third-order valence-electron chi connectivity index (χ3n) is 4.48. The molecule has 0 saturated heterocycles. The minimum Gasteiger partial charge on any atom is -0.320 e. The van der Waals surface area contributed by atoms with Crippen molar-refractivity contribution < 1.29 is 0 Å². The summed E-state index contributed by atoms with van der Waals surface area (Å²) in [6, 6.07) is 20.7. The van der Waals surface area contributed by atoms with E-state index in [1.165, 1.54) is 17.7 Å². The second kappa shape index (κ2) is 8.35. The Hall–Kier alpha value is -2.66. The molecule has 0 unspecified atom stereocenters. The van der Waals surface area contributed by atoms with Crippen molar-refractivity contribution in [2.24, 2.45) is 0 Å². The normalized spacial score (nSPS) is 11.1. The number of unbranched alkanes of at least 4 members (excludes halogenated alkanes) is 2. The van der Waals surface area contributed by atoms with Crippen LogP contribution in [0.1, 0.15) is 26.2 Å². The molecule has 0 radical (unpaired) electrons. The van der Waals surface area contributed by atoms with E-state index < -0.39 is 0 Å². The Bertz CT molecular complexity index is 1010. The minimum atomic E-state index is 0.763. The first-order chi connectivity index (χ1) is 13.4. The van der Waals surface area contributed by atoms with Gasteiger partial charge in [-0.15, -0.1) is 0 Å². The van der Waals surface area contributed by atoms with Gasteiger partial charge < -0.3 is 4.57 Å². The number of nitrogens with zero attached hydrogens (tertiary/aromatic N) is 4. The lowest BCUT2D eigenvalue weighted by molar-refractivity contribution is 0.614. The molecule has 2 heterocycles. The Labute approximate surface area is 163 Å². The van der Waals surface area contributed by atoms with Gasteiger partial charge in [0.25, 0.3) is 0 Å². The van der Waals surface area contributed by atoms with Crippen molar-refractivity contribution in [3.8, 4) is 11.4 Å². The highest BCUT2D eigenvalue weighted by molar-refractivity contribution is 7.99. The SMILES string of the molecule is CCCCCn1c(-c2ccccc2)nc2ncnc(Sc3ccccc3)c21. The molecule has 0 spiro atoms. The van der Waals surface area contributed by atoms with Crippen molar-refractivity contribution >= 4 is 22.9 Å². The number of aryl methyl sites for hydroxylation is 1. The highest BCUT2D eigenvalue weighted by atomic mass is 32.2. The molecule has 0 bridgehead atoms. The Morgan fingerprint density at radius 3 is 2.37 bits per heavy atom. The van der Waals surface area contributed by atoms with E-state index in [9.17, 15) is 0 Å². The highest BCUT2D eigenvalue weighted by Gasteiger charge is 2.18. The number of aromatic nitrogens is 4. The largest absolute Gasteiger partial charge is 0.320 e. The molecule has 4 aromatic rings. The summed E-state index contributed by atoms with van der Waals surface area (Å²) in [5.74, 6) is 0.970. The van der Waals surface area contributed by atoms with Crippen LogP contribution in [-0.2, 0) is 6.54 Å². The van der Waals surface area contributed by atoms with Crippen LogP contribution < -0.4 is 0 Å². The molecule has 136 valence electrons. The van der Waals surface area contributed by atoms with E-state index in [2.05, 4.69) is 70.0 Å². The predicted octanol–water partition coefficient (Wildman–Crippen LogP) is 5.83. The number of hydrogen-bond donors (Lipinski definition) is 0. The average Bonchev–Trinajstić information content (AvgIpc) is 3.09. The second-order valence-corrected chi connectivity index (χ2v) is 7.49. The first-order valence-electron chi connectivity index (χ1n) is 9.36. The van der Waals surface area contributed by atoms with Gasteiger partial charge >= 0.3 is 0 Å². The van der Waals surface area contributed by atoms with E-state index in [-0.39, 0.29) is 0 Å². The summed E-state index contributed by atoms with van der Waals surface area (Å²) in [6.07, 6.45) is 5.12. The first-order valence-corrected chi connectivity index (χ1v) is 10.2. The fourth-order valence-corrected chi connectivity index (χ4v) is 4.07. The van der Waals surface area contributed by atoms with Crippen molar-refractivity contribution in [1.82, 2.24) is 19.5 Å². The summed E-state index contributed by atoms with van der Waals surface area (Å²) in [6.45, 7) is 3.15. The Morgan fingerprint density at radius 2 is 1.63 bits per heavy atom. The smallest absolute Gasteiger partial charge is 0.182 e. The molecule has 2 aromatic heterocycles. The summed E-state index contributed by atoms with van der Waals surface area (Å²) < 4.78 is 2.30. The van der Waals surface area contributed by atoms with Crippen LogP contribution in [0.3, 0.4) is 0 Å². The lowest BCUT2D eigenvalue weighted by Crippen LogP contribution is -2.02. The lowest BCUT2D eigenvalue weighted by Gasteiger charge is -2.11. The molecule has 4 rings (SSSR count). The molecule has 0 atom stereocenters. The van der Waals surface area contributed by atoms with Crippen molar-refractivity contribution in [3.05, 3.63) is 67.0 Å². The van der Waals surface area contributed by atoms with Gasteiger partial charge in [-0.2, -0.15) is 0 Å². The van der Waals surface area contributed by atoms with E-state index in [1.54, 1.807) is 18.1 Å². The summed E-state index contributed by atoms with van der Waals surface area (Å²) in [5, 5.41) is 0.956. The summed E-state index contributed by atoms with van der Waals surface area (Å²) in [4.78, 5) is 15.1. The van der Waals surface area contributed by atoms with Gasteiger partial charge in [0.2, 0.25) is 0 Å². The van der Waals surface area contributed by atoms with Crippen LogP contribution >= 0.6 is 11.8 Å². The van der Waals surface area contributed by atoms with Crippen LogP contribution in [0, 0.1) is 0 Å². The lowest BCUT2D eigenvalue weighted by atomic mass is 10.2. The van der Waals surface area contributed by atoms with Gasteiger partial charge in [0.05, 0.1) is 0 Å². The maximum atomic E-state index is 4.86. The topological polar surface area (TPSA) is 43.6 Å². The van der Waals surface area contributed by atoms with Crippen molar-refractivity contribution in [2.45, 2.75) is 42.7 Å². The number of rotatable bonds is 7. The Morgan fingerprint density at radius 1 is 0.889 bits per heavy atom. The average molecular weight is 375 g/mol. The van der Waals surface area contributed by atoms with Crippen LogP contribution in [0.2, 0.25) is 0 Å². The molecule has 27 heavy (non-hydrogen) atoms. The Kier molecular flexibility index (Phi) is 5.49. The summed E-state index contributed by atoms with van der Waals surface area (Å²) in [7, 11) is 0. The highest BCUT2D eigenvalue weighted by Crippen LogP contribution is 2.33. The summed E-state index contributed by atoms with van der Waals surface area (Å²) in [5.41, 5.74) is 2.91. The zero-order chi connectivity index (χ0) is 18.5. The summed E-state index contributed by atoms with van der Waals surface area (Å²) >= 11 is 1.67. The molecule has 4 nitrogen and oxygen atoms in total.